The Bertz CT molecular complexity index is 98.6. The normalized spacial score (nSPS) is 11.6. The second-order valence-electron chi connectivity index (χ2n) is 2.14. The van der Waals surface area contributed by atoms with Crippen molar-refractivity contribution in [2.75, 3.05) is 0 Å². The monoisotopic (exact) mass is 124 g/mol. The predicted octanol–water partition coefficient (Wildman–Crippen LogP) is 3.31. The highest BCUT2D eigenvalue weighted by atomic mass is 13.9. The van der Waals surface area contributed by atoms with Gasteiger partial charge in [-0.1, -0.05) is 44.6 Å². The Labute approximate surface area is 58.3 Å². The molecule has 0 rings (SSSR count). The number of hydrogen-bond acceptors (Lipinski definition) is 0. The summed E-state index contributed by atoms with van der Waals surface area (Å²) in [5, 5.41) is 0. The minimum Gasteiger partial charge on any atom is -0.0988 e. The van der Waals surface area contributed by atoms with Crippen molar-refractivity contribution in [1.82, 2.24) is 0 Å². The molecule has 0 fully saturated rings. The fourth-order valence-electron chi connectivity index (χ4n) is 0.838. The van der Waals surface area contributed by atoms with Gasteiger partial charge in [0, 0.05) is 0 Å². The molecule has 0 atom stereocenters. The van der Waals surface area contributed by atoms with Crippen LogP contribution in [0, 0.1) is 0 Å². The van der Waals surface area contributed by atoms with Gasteiger partial charge >= 0.3 is 0 Å². The van der Waals surface area contributed by atoms with Crippen LogP contribution >= 0.6 is 0 Å². The van der Waals surface area contributed by atoms with Crippen LogP contribution in [0.1, 0.15) is 33.1 Å². The van der Waals surface area contributed by atoms with Gasteiger partial charge in [0.25, 0.3) is 0 Å². The molecule has 0 aromatic rings. The highest BCUT2D eigenvalue weighted by Gasteiger charge is 1.85. The summed E-state index contributed by atoms with van der Waals surface area (Å²) in [6, 6.07) is 0. The molecule has 0 saturated heterocycles. The minimum absolute atomic E-state index is 1.13. The molecule has 9 heavy (non-hydrogen) atoms. The molecule has 0 aliphatic carbocycles. The van der Waals surface area contributed by atoms with Crippen LogP contribution in [-0.4, -0.2) is 0 Å². The summed E-state index contributed by atoms with van der Waals surface area (Å²) in [4.78, 5) is 0. The second kappa shape index (κ2) is 5.61. The summed E-state index contributed by atoms with van der Waals surface area (Å²) in [6.45, 7) is 8.07. The second-order valence-corrected chi connectivity index (χ2v) is 2.14. The maximum atomic E-state index is 3.73. The van der Waals surface area contributed by atoms with Crippen LogP contribution in [0.2, 0.25) is 0 Å². The van der Waals surface area contributed by atoms with E-state index < -0.39 is 0 Å². The van der Waals surface area contributed by atoms with Gasteiger partial charge < -0.3 is 0 Å². The Morgan fingerprint density at radius 1 is 1.44 bits per heavy atom. The molecule has 0 unspecified atom stereocenters. The van der Waals surface area contributed by atoms with E-state index in [0.29, 0.717) is 0 Å². The van der Waals surface area contributed by atoms with Gasteiger partial charge in [-0.2, -0.15) is 0 Å². The predicted molar refractivity (Wildman–Crippen MR) is 43.5 cm³/mol. The smallest absolute Gasteiger partial charge is 0.0285 e. The first-order chi connectivity index (χ1) is 4.35. The van der Waals surface area contributed by atoms with Gasteiger partial charge in [0.2, 0.25) is 0 Å². The molecule has 0 spiro atoms. The Morgan fingerprint density at radius 3 is 2.44 bits per heavy atom. The molecule has 0 heteroatoms. The Morgan fingerprint density at radius 2 is 2.11 bits per heavy atom. The summed E-state index contributed by atoms with van der Waals surface area (Å²) in [5.41, 5.74) is 1.39. The topological polar surface area (TPSA) is 0 Å². The standard InChI is InChI=1S/C9H16/c1-4-7-9(6-3)8-5-2/h6-7H,3-5,8H2,1-2H3. The molecule has 52 valence electrons. The van der Waals surface area contributed by atoms with E-state index in [1.807, 2.05) is 6.08 Å². The zero-order valence-corrected chi connectivity index (χ0v) is 6.48. The molecule has 0 aliphatic rings. The van der Waals surface area contributed by atoms with Gasteiger partial charge in [-0.15, -0.1) is 0 Å². The molecule has 0 heterocycles. The Balaban J connectivity index is 3.66. The van der Waals surface area contributed by atoms with E-state index in [1.54, 1.807) is 0 Å². The van der Waals surface area contributed by atoms with Crippen LogP contribution in [0.15, 0.2) is 24.3 Å². The molecular weight excluding hydrogens is 108 g/mol. The van der Waals surface area contributed by atoms with Crippen LogP contribution in [0.5, 0.6) is 0 Å². The molecule has 0 aromatic carbocycles. The van der Waals surface area contributed by atoms with Crippen molar-refractivity contribution in [3.8, 4) is 0 Å². The van der Waals surface area contributed by atoms with Crippen LogP contribution in [0.3, 0.4) is 0 Å². The summed E-state index contributed by atoms with van der Waals surface area (Å²) in [7, 11) is 0. The van der Waals surface area contributed by atoms with Crippen LogP contribution in [0.4, 0.5) is 0 Å². The molecule has 0 saturated carbocycles. The Kier molecular flexibility index (Phi) is 5.29. The van der Waals surface area contributed by atoms with Gasteiger partial charge in [0.05, 0.1) is 0 Å². The van der Waals surface area contributed by atoms with E-state index in [-0.39, 0.29) is 0 Å². The molecule has 0 bridgehead atoms. The summed E-state index contributed by atoms with van der Waals surface area (Å²) < 4.78 is 0. The van der Waals surface area contributed by atoms with E-state index in [0.717, 1.165) is 6.42 Å². The lowest BCUT2D eigenvalue weighted by atomic mass is 10.1. The van der Waals surface area contributed by atoms with E-state index in [4.69, 9.17) is 0 Å². The zero-order chi connectivity index (χ0) is 7.11. The average Bonchev–Trinajstić information content (AvgIpc) is 1.88. The van der Waals surface area contributed by atoms with Gasteiger partial charge in [-0.3, -0.25) is 0 Å². The highest BCUT2D eigenvalue weighted by molar-refractivity contribution is 5.15. The number of rotatable bonds is 4. The van der Waals surface area contributed by atoms with Crippen molar-refractivity contribution < 1.29 is 0 Å². The van der Waals surface area contributed by atoms with Gasteiger partial charge in [-0.25, -0.2) is 0 Å². The van der Waals surface area contributed by atoms with Gasteiger partial charge in [-0.05, 0) is 12.8 Å². The van der Waals surface area contributed by atoms with E-state index in [1.165, 1.54) is 18.4 Å². The molecule has 0 amide bonds. The van der Waals surface area contributed by atoms with E-state index in [9.17, 15) is 0 Å². The fourth-order valence-corrected chi connectivity index (χ4v) is 0.838. The maximum absolute atomic E-state index is 3.73. The lowest BCUT2D eigenvalue weighted by Gasteiger charge is -1.95. The SMILES string of the molecule is C=CC(=CCC)CCC. The number of hydrogen-bond donors (Lipinski definition) is 0. The first-order valence-corrected chi connectivity index (χ1v) is 3.66. The van der Waals surface area contributed by atoms with Crippen LogP contribution in [-0.2, 0) is 0 Å². The first kappa shape index (κ1) is 8.48. The zero-order valence-electron chi connectivity index (χ0n) is 6.48. The van der Waals surface area contributed by atoms with Gasteiger partial charge in [0.15, 0.2) is 0 Å². The third-order valence-electron chi connectivity index (χ3n) is 1.27. The lowest BCUT2D eigenvalue weighted by Crippen LogP contribution is -1.75. The van der Waals surface area contributed by atoms with E-state index >= 15 is 0 Å². The van der Waals surface area contributed by atoms with E-state index in [2.05, 4.69) is 26.5 Å². The molecule has 0 N–H and O–H groups in total. The summed E-state index contributed by atoms with van der Waals surface area (Å²) in [5.74, 6) is 0. The fraction of sp³-hybridized carbons (Fsp3) is 0.556. The van der Waals surface area contributed by atoms with Crippen LogP contribution in [0.25, 0.3) is 0 Å². The average molecular weight is 124 g/mol. The largest absolute Gasteiger partial charge is 0.0988 e. The minimum atomic E-state index is 1.13. The molecular formula is C9H16. The lowest BCUT2D eigenvalue weighted by molar-refractivity contribution is 0.918. The summed E-state index contributed by atoms with van der Waals surface area (Å²) >= 11 is 0. The first-order valence-electron chi connectivity index (χ1n) is 3.66. The van der Waals surface area contributed by atoms with Crippen molar-refractivity contribution in [2.24, 2.45) is 0 Å². The maximum Gasteiger partial charge on any atom is -0.0285 e. The highest BCUT2D eigenvalue weighted by Crippen LogP contribution is 2.05. The molecule has 0 nitrogen and oxygen atoms in total. The van der Waals surface area contributed by atoms with Crippen molar-refractivity contribution in [3.63, 3.8) is 0 Å². The molecule has 0 aliphatic heterocycles. The van der Waals surface area contributed by atoms with Crippen LogP contribution < -0.4 is 0 Å². The van der Waals surface area contributed by atoms with Crippen molar-refractivity contribution in [2.45, 2.75) is 33.1 Å². The summed E-state index contributed by atoms with van der Waals surface area (Å²) in [6.07, 6.45) is 7.71. The number of allylic oxidation sites excluding steroid dienone is 3. The van der Waals surface area contributed by atoms with Crippen molar-refractivity contribution in [1.29, 1.82) is 0 Å². The van der Waals surface area contributed by atoms with Crippen molar-refractivity contribution >= 4 is 0 Å². The quantitative estimate of drug-likeness (QED) is 0.504. The molecule has 0 radical (unpaired) electrons. The van der Waals surface area contributed by atoms with Gasteiger partial charge in [0.1, 0.15) is 0 Å². The third kappa shape index (κ3) is 4.01. The molecule has 0 aromatic heterocycles. The Hall–Kier alpha value is -0.520. The van der Waals surface area contributed by atoms with Crippen molar-refractivity contribution in [3.05, 3.63) is 24.3 Å². The third-order valence-corrected chi connectivity index (χ3v) is 1.27.